The molecule has 1 aromatic carbocycles. The molecule has 0 fully saturated rings. The topological polar surface area (TPSA) is 58.9 Å². The summed E-state index contributed by atoms with van der Waals surface area (Å²) >= 11 is 0. The van der Waals surface area contributed by atoms with Crippen LogP contribution in [0.4, 0.5) is 0 Å². The van der Waals surface area contributed by atoms with E-state index in [4.69, 9.17) is 9.39 Å². The van der Waals surface area contributed by atoms with E-state index in [9.17, 15) is 10.2 Å². The maximum atomic E-state index is 10.0. The number of methoxy groups -OCH3 is 1. The quantitative estimate of drug-likeness (QED) is 0.753. The summed E-state index contributed by atoms with van der Waals surface area (Å²) in [5, 5.41) is 19.3. The first-order valence-corrected chi connectivity index (χ1v) is 6.22. The number of rotatable bonds is 6. The van der Waals surface area contributed by atoms with Crippen molar-refractivity contribution >= 4 is 12.9 Å². The summed E-state index contributed by atoms with van der Waals surface area (Å²) < 4.78 is 10.8. The van der Waals surface area contributed by atoms with Crippen molar-refractivity contribution in [3.63, 3.8) is 0 Å². The summed E-state index contributed by atoms with van der Waals surface area (Å²) in [5.74, 6) is 0.640. The Balaban J connectivity index is 2.79. The fraction of sp³-hybridized carbons (Fsp3) is 0.571. The van der Waals surface area contributed by atoms with E-state index in [-0.39, 0.29) is 6.61 Å². The van der Waals surface area contributed by atoms with Crippen molar-refractivity contribution in [3.05, 3.63) is 23.8 Å². The van der Waals surface area contributed by atoms with Crippen LogP contribution in [-0.2, 0) is 11.3 Å². The van der Waals surface area contributed by atoms with E-state index in [2.05, 4.69) is 0 Å². The predicted molar refractivity (Wildman–Crippen MR) is 75.8 cm³/mol. The second-order valence-corrected chi connectivity index (χ2v) is 5.53. The monoisotopic (exact) mass is 265 g/mol. The Hall–Kier alpha value is -1.04. The molecule has 0 spiro atoms. The summed E-state index contributed by atoms with van der Waals surface area (Å²) in [6.45, 7) is 6.95. The molecule has 19 heavy (non-hydrogen) atoms. The molecule has 0 aliphatic carbocycles. The van der Waals surface area contributed by atoms with Crippen LogP contribution in [0, 0.1) is 0 Å². The number of aliphatic hydroxyl groups excluding tert-OH is 1. The second-order valence-electron chi connectivity index (χ2n) is 5.53. The van der Waals surface area contributed by atoms with Crippen LogP contribution in [-0.4, -0.2) is 36.0 Å². The summed E-state index contributed by atoms with van der Waals surface area (Å²) in [6, 6.07) is 5.40. The standard InChI is InChI=1S/C14H22BO4/c1-13(2,17)14(3,4)19-15-11-6-7-12(18-5)10(8-11)9-16/h6-8,16-17H,9H2,1-5H3. The van der Waals surface area contributed by atoms with Gasteiger partial charge in [0.2, 0.25) is 0 Å². The number of hydrogen-bond acceptors (Lipinski definition) is 4. The first-order valence-electron chi connectivity index (χ1n) is 6.22. The van der Waals surface area contributed by atoms with Crippen LogP contribution >= 0.6 is 0 Å². The third kappa shape index (κ3) is 3.96. The highest BCUT2D eigenvalue weighted by Gasteiger charge is 2.35. The largest absolute Gasteiger partial charge is 0.496 e. The highest BCUT2D eigenvalue weighted by molar-refractivity contribution is 6.47. The molecule has 0 aliphatic heterocycles. The molecule has 0 heterocycles. The van der Waals surface area contributed by atoms with Gasteiger partial charge in [0.05, 0.1) is 24.9 Å². The average molecular weight is 265 g/mol. The zero-order chi connectivity index (χ0) is 14.7. The first kappa shape index (κ1) is 16.0. The molecule has 1 aromatic rings. The minimum absolute atomic E-state index is 0.0975. The van der Waals surface area contributed by atoms with Crippen molar-refractivity contribution in [2.24, 2.45) is 0 Å². The molecule has 4 nitrogen and oxygen atoms in total. The highest BCUT2D eigenvalue weighted by Crippen LogP contribution is 2.24. The number of ether oxygens (including phenoxy) is 1. The minimum atomic E-state index is -0.963. The lowest BCUT2D eigenvalue weighted by molar-refractivity contribution is -0.0893. The average Bonchev–Trinajstić information content (AvgIpc) is 2.34. The van der Waals surface area contributed by atoms with Gasteiger partial charge in [0.25, 0.3) is 0 Å². The van der Waals surface area contributed by atoms with Gasteiger partial charge in [-0.15, -0.1) is 0 Å². The van der Waals surface area contributed by atoms with Crippen LogP contribution in [0.5, 0.6) is 5.75 Å². The van der Waals surface area contributed by atoms with Crippen molar-refractivity contribution in [1.82, 2.24) is 0 Å². The number of aliphatic hydroxyl groups is 2. The molecule has 2 N–H and O–H groups in total. The Morgan fingerprint density at radius 2 is 1.84 bits per heavy atom. The smallest absolute Gasteiger partial charge is 0.330 e. The van der Waals surface area contributed by atoms with E-state index in [1.165, 1.54) is 0 Å². The Morgan fingerprint density at radius 3 is 2.32 bits per heavy atom. The summed E-state index contributed by atoms with van der Waals surface area (Å²) in [4.78, 5) is 0. The second kappa shape index (κ2) is 5.95. The van der Waals surface area contributed by atoms with Gasteiger partial charge in [0, 0.05) is 5.56 Å². The fourth-order valence-corrected chi connectivity index (χ4v) is 1.35. The van der Waals surface area contributed by atoms with Crippen LogP contribution in [0.2, 0.25) is 0 Å². The third-order valence-electron chi connectivity index (χ3n) is 3.44. The van der Waals surface area contributed by atoms with Gasteiger partial charge in [0.1, 0.15) is 5.75 Å². The molecule has 105 valence electrons. The van der Waals surface area contributed by atoms with Crippen molar-refractivity contribution in [2.75, 3.05) is 7.11 Å². The van der Waals surface area contributed by atoms with E-state index in [0.717, 1.165) is 5.46 Å². The van der Waals surface area contributed by atoms with Crippen molar-refractivity contribution in [3.8, 4) is 5.75 Å². The Kier molecular flexibility index (Phi) is 5.01. The van der Waals surface area contributed by atoms with Crippen LogP contribution in [0.25, 0.3) is 0 Å². The lowest BCUT2D eigenvalue weighted by atomic mass is 9.82. The van der Waals surface area contributed by atoms with Gasteiger partial charge >= 0.3 is 7.48 Å². The fourth-order valence-electron chi connectivity index (χ4n) is 1.35. The Bertz CT molecular complexity index is 424. The normalized spacial score (nSPS) is 12.4. The molecule has 0 saturated heterocycles. The molecule has 5 heteroatoms. The van der Waals surface area contributed by atoms with Crippen LogP contribution in [0.15, 0.2) is 18.2 Å². The molecule has 0 aliphatic rings. The molecule has 0 amide bonds. The zero-order valence-corrected chi connectivity index (χ0v) is 12.2. The van der Waals surface area contributed by atoms with E-state index >= 15 is 0 Å². The van der Waals surface area contributed by atoms with Crippen molar-refractivity contribution in [2.45, 2.75) is 45.5 Å². The molecule has 1 rings (SSSR count). The maximum Gasteiger partial charge on any atom is 0.330 e. The number of hydrogen-bond donors (Lipinski definition) is 2. The van der Waals surface area contributed by atoms with Crippen molar-refractivity contribution in [1.29, 1.82) is 0 Å². The highest BCUT2D eigenvalue weighted by atomic mass is 16.5. The zero-order valence-electron chi connectivity index (χ0n) is 12.2. The van der Waals surface area contributed by atoms with Crippen LogP contribution in [0.3, 0.4) is 0 Å². The van der Waals surface area contributed by atoms with Gasteiger partial charge in [-0.05, 0) is 33.8 Å². The molecular weight excluding hydrogens is 243 g/mol. The lowest BCUT2D eigenvalue weighted by Gasteiger charge is -2.37. The molecule has 0 atom stereocenters. The SMILES string of the molecule is COc1ccc([B]OC(C)(C)C(C)(C)O)cc1CO. The van der Waals surface area contributed by atoms with Gasteiger partial charge < -0.3 is 19.6 Å². The molecule has 0 aromatic heterocycles. The maximum absolute atomic E-state index is 10.0. The van der Waals surface area contributed by atoms with Crippen LogP contribution in [0.1, 0.15) is 33.3 Å². The van der Waals surface area contributed by atoms with Gasteiger partial charge in [-0.1, -0.05) is 17.6 Å². The van der Waals surface area contributed by atoms with Gasteiger partial charge in [-0.3, -0.25) is 0 Å². The van der Waals surface area contributed by atoms with Crippen LogP contribution < -0.4 is 10.2 Å². The third-order valence-corrected chi connectivity index (χ3v) is 3.44. The van der Waals surface area contributed by atoms with Gasteiger partial charge in [-0.2, -0.15) is 0 Å². The van der Waals surface area contributed by atoms with E-state index in [0.29, 0.717) is 11.3 Å². The number of benzene rings is 1. The van der Waals surface area contributed by atoms with Gasteiger partial charge in [0.15, 0.2) is 0 Å². The van der Waals surface area contributed by atoms with E-state index in [1.807, 2.05) is 19.9 Å². The van der Waals surface area contributed by atoms with E-state index in [1.54, 1.807) is 40.6 Å². The molecule has 1 radical (unpaired) electrons. The Labute approximate surface area is 115 Å². The molecule has 0 saturated carbocycles. The molecule has 0 unspecified atom stereocenters. The van der Waals surface area contributed by atoms with E-state index < -0.39 is 11.2 Å². The van der Waals surface area contributed by atoms with Crippen molar-refractivity contribution < 1.29 is 19.6 Å². The molecular formula is C14H22BO4. The van der Waals surface area contributed by atoms with Gasteiger partial charge in [-0.25, -0.2) is 0 Å². The molecule has 0 bridgehead atoms. The summed E-state index contributed by atoms with van der Waals surface area (Å²) in [5.41, 5.74) is -0.176. The summed E-state index contributed by atoms with van der Waals surface area (Å²) in [6.07, 6.45) is 0. The minimum Gasteiger partial charge on any atom is -0.496 e. The lowest BCUT2D eigenvalue weighted by Crippen LogP contribution is -2.49. The predicted octanol–water partition coefficient (Wildman–Crippen LogP) is 0.998. The first-order chi connectivity index (χ1) is 8.71. The summed E-state index contributed by atoms with van der Waals surface area (Å²) in [7, 11) is 3.14. The Morgan fingerprint density at radius 1 is 1.21 bits per heavy atom.